The van der Waals surface area contributed by atoms with Gasteiger partial charge < -0.3 is 14.6 Å². The van der Waals surface area contributed by atoms with E-state index < -0.39 is 0 Å². The second kappa shape index (κ2) is 7.61. The molecular formula is C19H19N3O3. The van der Waals surface area contributed by atoms with Crippen molar-refractivity contribution in [3.63, 3.8) is 0 Å². The standard InChI is InChI=1S/C19H19N3O3/c1-22-13-21-17-8-7-15(11-16(17)19(22)24)25-12-18(23)20-10-9-14-5-3-2-4-6-14/h2-8,11,13H,9-10,12H2,1H3,(H,20,23). The van der Waals surface area contributed by atoms with Gasteiger partial charge in [0.15, 0.2) is 6.61 Å². The number of fused-ring (bicyclic) bond motifs is 1. The second-order valence-electron chi connectivity index (χ2n) is 5.71. The number of amides is 1. The molecule has 0 unspecified atom stereocenters. The Hall–Kier alpha value is -3.15. The minimum Gasteiger partial charge on any atom is -0.484 e. The molecule has 3 aromatic rings. The molecular weight excluding hydrogens is 318 g/mol. The normalized spacial score (nSPS) is 10.6. The number of aromatic nitrogens is 2. The van der Waals surface area contributed by atoms with Crippen molar-refractivity contribution in [3.05, 3.63) is 70.8 Å². The third kappa shape index (κ3) is 4.23. The fourth-order valence-electron chi connectivity index (χ4n) is 2.47. The van der Waals surface area contributed by atoms with Crippen molar-refractivity contribution in [1.82, 2.24) is 14.9 Å². The summed E-state index contributed by atoms with van der Waals surface area (Å²) in [5.74, 6) is 0.269. The number of hydrogen-bond donors (Lipinski definition) is 1. The van der Waals surface area contributed by atoms with E-state index in [4.69, 9.17) is 4.74 Å². The van der Waals surface area contributed by atoms with Crippen LogP contribution in [0.1, 0.15) is 5.56 Å². The van der Waals surface area contributed by atoms with E-state index in [0.29, 0.717) is 23.2 Å². The first kappa shape index (κ1) is 16.7. The summed E-state index contributed by atoms with van der Waals surface area (Å²) in [7, 11) is 1.64. The Kier molecular flexibility index (Phi) is 5.09. The zero-order valence-corrected chi connectivity index (χ0v) is 13.9. The van der Waals surface area contributed by atoms with Gasteiger partial charge in [0.25, 0.3) is 11.5 Å². The van der Waals surface area contributed by atoms with E-state index in [1.165, 1.54) is 16.5 Å². The van der Waals surface area contributed by atoms with Gasteiger partial charge in [-0.15, -0.1) is 0 Å². The molecule has 2 aromatic carbocycles. The lowest BCUT2D eigenvalue weighted by Gasteiger charge is -2.08. The van der Waals surface area contributed by atoms with Crippen molar-refractivity contribution in [1.29, 1.82) is 0 Å². The minimum atomic E-state index is -0.199. The Balaban J connectivity index is 1.54. The fourth-order valence-corrected chi connectivity index (χ4v) is 2.47. The summed E-state index contributed by atoms with van der Waals surface area (Å²) in [6.45, 7) is 0.454. The number of carbonyl (C=O) groups excluding carboxylic acids is 1. The van der Waals surface area contributed by atoms with Crippen molar-refractivity contribution in [2.24, 2.45) is 7.05 Å². The van der Waals surface area contributed by atoms with Crippen molar-refractivity contribution < 1.29 is 9.53 Å². The molecule has 1 heterocycles. The predicted molar refractivity (Wildman–Crippen MR) is 95.6 cm³/mol. The molecule has 0 saturated heterocycles. The van der Waals surface area contributed by atoms with Gasteiger partial charge in [-0.2, -0.15) is 0 Å². The minimum absolute atomic E-state index is 0.0964. The highest BCUT2D eigenvalue weighted by molar-refractivity contribution is 5.80. The monoisotopic (exact) mass is 337 g/mol. The van der Waals surface area contributed by atoms with Gasteiger partial charge in [-0.3, -0.25) is 9.59 Å². The predicted octanol–water partition coefficient (Wildman–Crippen LogP) is 1.67. The summed E-state index contributed by atoms with van der Waals surface area (Å²) < 4.78 is 6.89. The van der Waals surface area contributed by atoms with Gasteiger partial charge in [-0.05, 0) is 30.2 Å². The number of hydrogen-bond acceptors (Lipinski definition) is 4. The van der Waals surface area contributed by atoms with Crippen LogP contribution >= 0.6 is 0 Å². The molecule has 0 radical (unpaired) electrons. The number of benzene rings is 2. The third-order valence-corrected chi connectivity index (χ3v) is 3.84. The van der Waals surface area contributed by atoms with E-state index in [-0.39, 0.29) is 18.1 Å². The van der Waals surface area contributed by atoms with Crippen molar-refractivity contribution in [2.75, 3.05) is 13.2 Å². The number of aryl methyl sites for hydroxylation is 1. The molecule has 0 spiro atoms. The van der Waals surface area contributed by atoms with Gasteiger partial charge in [-0.1, -0.05) is 30.3 Å². The zero-order chi connectivity index (χ0) is 17.6. The molecule has 25 heavy (non-hydrogen) atoms. The fraction of sp³-hybridized carbons (Fsp3) is 0.211. The summed E-state index contributed by atoms with van der Waals surface area (Å²) in [6.07, 6.45) is 2.25. The molecule has 1 aromatic heterocycles. The molecule has 0 aliphatic heterocycles. The first-order chi connectivity index (χ1) is 12.1. The van der Waals surface area contributed by atoms with Crippen LogP contribution in [0.15, 0.2) is 59.7 Å². The molecule has 0 aliphatic rings. The van der Waals surface area contributed by atoms with E-state index in [1.807, 2.05) is 30.3 Å². The Morgan fingerprint density at radius 1 is 1.20 bits per heavy atom. The van der Waals surface area contributed by atoms with Crippen LogP contribution in [-0.4, -0.2) is 28.6 Å². The van der Waals surface area contributed by atoms with E-state index in [9.17, 15) is 9.59 Å². The van der Waals surface area contributed by atoms with Gasteiger partial charge >= 0.3 is 0 Å². The Bertz CT molecular complexity index is 936. The van der Waals surface area contributed by atoms with E-state index >= 15 is 0 Å². The van der Waals surface area contributed by atoms with E-state index in [2.05, 4.69) is 10.3 Å². The molecule has 0 aliphatic carbocycles. The highest BCUT2D eigenvalue weighted by Crippen LogP contribution is 2.16. The molecule has 0 saturated carbocycles. The molecule has 6 heteroatoms. The van der Waals surface area contributed by atoms with Crippen LogP contribution in [-0.2, 0) is 18.3 Å². The van der Waals surface area contributed by atoms with Gasteiger partial charge in [0.05, 0.1) is 17.2 Å². The van der Waals surface area contributed by atoms with E-state index in [1.54, 1.807) is 25.2 Å². The lowest BCUT2D eigenvalue weighted by atomic mass is 10.1. The average molecular weight is 337 g/mol. The van der Waals surface area contributed by atoms with Crippen LogP contribution in [0.2, 0.25) is 0 Å². The highest BCUT2D eigenvalue weighted by Gasteiger charge is 2.06. The second-order valence-corrected chi connectivity index (χ2v) is 5.71. The highest BCUT2D eigenvalue weighted by atomic mass is 16.5. The van der Waals surface area contributed by atoms with Gasteiger partial charge in [0, 0.05) is 13.6 Å². The van der Waals surface area contributed by atoms with Crippen LogP contribution < -0.4 is 15.6 Å². The number of nitrogens with one attached hydrogen (secondary N) is 1. The van der Waals surface area contributed by atoms with Crippen molar-refractivity contribution >= 4 is 16.8 Å². The van der Waals surface area contributed by atoms with Crippen molar-refractivity contribution in [2.45, 2.75) is 6.42 Å². The number of nitrogens with zero attached hydrogens (tertiary/aromatic N) is 2. The number of carbonyl (C=O) groups is 1. The molecule has 1 N–H and O–H groups in total. The Morgan fingerprint density at radius 2 is 2.00 bits per heavy atom. The molecule has 0 bridgehead atoms. The third-order valence-electron chi connectivity index (χ3n) is 3.84. The maximum atomic E-state index is 12.1. The summed E-state index contributed by atoms with van der Waals surface area (Å²) in [5.41, 5.74) is 1.62. The van der Waals surface area contributed by atoms with E-state index in [0.717, 1.165) is 6.42 Å². The first-order valence-corrected chi connectivity index (χ1v) is 8.02. The summed E-state index contributed by atoms with van der Waals surface area (Å²) in [5, 5.41) is 3.28. The maximum Gasteiger partial charge on any atom is 0.261 e. The summed E-state index contributed by atoms with van der Waals surface area (Å²) in [4.78, 5) is 28.1. The smallest absolute Gasteiger partial charge is 0.261 e. The quantitative estimate of drug-likeness (QED) is 0.743. The van der Waals surface area contributed by atoms with Crippen molar-refractivity contribution in [3.8, 4) is 5.75 Å². The first-order valence-electron chi connectivity index (χ1n) is 8.02. The molecule has 3 rings (SSSR count). The Morgan fingerprint density at radius 3 is 2.80 bits per heavy atom. The van der Waals surface area contributed by atoms with Crippen LogP contribution in [0, 0.1) is 0 Å². The molecule has 0 fully saturated rings. The Labute approximate surface area is 145 Å². The van der Waals surface area contributed by atoms with Crippen LogP contribution in [0.4, 0.5) is 0 Å². The zero-order valence-electron chi connectivity index (χ0n) is 13.9. The summed E-state index contributed by atoms with van der Waals surface area (Å²) in [6, 6.07) is 15.0. The van der Waals surface area contributed by atoms with Gasteiger partial charge in [0.1, 0.15) is 5.75 Å². The topological polar surface area (TPSA) is 73.2 Å². The molecule has 0 atom stereocenters. The lowest BCUT2D eigenvalue weighted by molar-refractivity contribution is -0.123. The average Bonchev–Trinajstić information content (AvgIpc) is 2.64. The maximum absolute atomic E-state index is 12.1. The molecule has 128 valence electrons. The van der Waals surface area contributed by atoms with Crippen LogP contribution in [0.25, 0.3) is 10.9 Å². The molecule has 1 amide bonds. The van der Waals surface area contributed by atoms with Crippen LogP contribution in [0.5, 0.6) is 5.75 Å². The van der Waals surface area contributed by atoms with Gasteiger partial charge in [0.2, 0.25) is 0 Å². The lowest BCUT2D eigenvalue weighted by Crippen LogP contribution is -2.30. The largest absolute Gasteiger partial charge is 0.484 e. The molecule has 6 nitrogen and oxygen atoms in total. The number of rotatable bonds is 6. The van der Waals surface area contributed by atoms with Crippen LogP contribution in [0.3, 0.4) is 0 Å². The summed E-state index contributed by atoms with van der Waals surface area (Å²) >= 11 is 0. The van der Waals surface area contributed by atoms with Gasteiger partial charge in [-0.25, -0.2) is 4.98 Å². The SMILES string of the molecule is Cn1cnc2ccc(OCC(=O)NCCc3ccccc3)cc2c1=O. The number of ether oxygens (including phenoxy) is 1.